The number of amides is 1. The smallest absolute Gasteiger partial charge is 0.264 e. The summed E-state index contributed by atoms with van der Waals surface area (Å²) in [6, 6.07) is 15.8. The van der Waals surface area contributed by atoms with Crippen molar-refractivity contribution < 1.29 is 17.6 Å². The Hall–Kier alpha value is -2.71. The maximum Gasteiger partial charge on any atom is 0.264 e. The minimum absolute atomic E-state index is 0.0143. The Balaban J connectivity index is 1.85. The minimum atomic E-state index is -3.80. The lowest BCUT2D eigenvalue weighted by Crippen LogP contribution is -2.33. The highest BCUT2D eigenvalue weighted by Gasteiger charge is 2.28. The molecule has 1 N–H and O–H groups in total. The van der Waals surface area contributed by atoms with E-state index in [4.69, 9.17) is 0 Å². The fourth-order valence-corrected chi connectivity index (χ4v) is 5.13. The number of nitrogens with zero attached hydrogens (tertiary/aromatic N) is 1. The van der Waals surface area contributed by atoms with Gasteiger partial charge >= 0.3 is 0 Å². The average molecular weight is 419 g/mol. The standard InChI is InChI=1S/C20H19FN2O3S2/c1-2-23(28(25,26)16-9-4-3-5-10-16)18-12-13-27-19(18)20(24)22-14-15-8-6-7-11-17(15)21/h3-13H,2,14H2,1H3,(H,22,24). The Kier molecular flexibility index (Phi) is 6.11. The summed E-state index contributed by atoms with van der Waals surface area (Å²) in [5, 5.41) is 4.33. The fraction of sp³-hybridized carbons (Fsp3) is 0.150. The average Bonchev–Trinajstić information content (AvgIpc) is 3.17. The maximum atomic E-state index is 13.8. The lowest BCUT2D eigenvalue weighted by molar-refractivity contribution is 0.0955. The van der Waals surface area contributed by atoms with Crippen molar-refractivity contribution in [1.29, 1.82) is 0 Å². The van der Waals surface area contributed by atoms with Gasteiger partial charge in [0.25, 0.3) is 15.9 Å². The van der Waals surface area contributed by atoms with Gasteiger partial charge in [0.05, 0.1) is 10.6 Å². The molecule has 8 heteroatoms. The minimum Gasteiger partial charge on any atom is -0.347 e. The normalized spacial score (nSPS) is 11.2. The number of carbonyl (C=O) groups is 1. The van der Waals surface area contributed by atoms with Crippen molar-refractivity contribution in [1.82, 2.24) is 5.32 Å². The zero-order valence-corrected chi connectivity index (χ0v) is 16.8. The van der Waals surface area contributed by atoms with Crippen LogP contribution in [0, 0.1) is 5.82 Å². The zero-order valence-electron chi connectivity index (χ0n) is 15.1. The molecule has 0 saturated heterocycles. The Bertz CT molecular complexity index is 1070. The van der Waals surface area contributed by atoms with Gasteiger partial charge in [0.1, 0.15) is 10.7 Å². The summed E-state index contributed by atoms with van der Waals surface area (Å²) in [6.07, 6.45) is 0. The first kappa shape index (κ1) is 20.0. The molecule has 0 atom stereocenters. The molecule has 0 unspecified atom stereocenters. The lowest BCUT2D eigenvalue weighted by atomic mass is 10.2. The van der Waals surface area contributed by atoms with Crippen molar-refractivity contribution in [2.75, 3.05) is 10.8 Å². The maximum absolute atomic E-state index is 13.8. The number of rotatable bonds is 7. The first-order valence-electron chi connectivity index (χ1n) is 8.62. The number of thiophene rings is 1. The van der Waals surface area contributed by atoms with Gasteiger partial charge in [-0.2, -0.15) is 0 Å². The Morgan fingerprint density at radius 1 is 1.07 bits per heavy atom. The van der Waals surface area contributed by atoms with E-state index in [0.29, 0.717) is 11.3 Å². The molecule has 3 aromatic rings. The molecule has 28 heavy (non-hydrogen) atoms. The van der Waals surface area contributed by atoms with Crippen molar-refractivity contribution in [3.05, 3.63) is 82.3 Å². The molecular weight excluding hydrogens is 399 g/mol. The van der Waals surface area contributed by atoms with Gasteiger partial charge in [-0.05, 0) is 36.6 Å². The molecule has 0 aliphatic heterocycles. The number of anilines is 1. The quantitative estimate of drug-likeness (QED) is 0.630. The molecule has 0 fully saturated rings. The highest BCUT2D eigenvalue weighted by molar-refractivity contribution is 7.92. The highest BCUT2D eigenvalue weighted by atomic mass is 32.2. The second-order valence-electron chi connectivity index (χ2n) is 5.89. The Morgan fingerprint density at radius 3 is 2.43 bits per heavy atom. The van der Waals surface area contributed by atoms with Crippen LogP contribution in [0.4, 0.5) is 10.1 Å². The molecule has 1 amide bonds. The molecule has 0 bridgehead atoms. The van der Waals surface area contributed by atoms with Gasteiger partial charge in [0.2, 0.25) is 0 Å². The van der Waals surface area contributed by atoms with Crippen LogP contribution in [0.15, 0.2) is 70.9 Å². The number of carbonyl (C=O) groups excluding carboxylic acids is 1. The van der Waals surface area contributed by atoms with Crippen molar-refractivity contribution in [2.45, 2.75) is 18.4 Å². The van der Waals surface area contributed by atoms with Gasteiger partial charge in [0.15, 0.2) is 0 Å². The summed E-state index contributed by atoms with van der Waals surface area (Å²) in [7, 11) is -3.80. The molecule has 0 aliphatic rings. The Labute approximate surface area is 167 Å². The lowest BCUT2D eigenvalue weighted by Gasteiger charge is -2.23. The van der Waals surface area contributed by atoms with Crippen molar-refractivity contribution >= 4 is 33.0 Å². The van der Waals surface area contributed by atoms with Crippen molar-refractivity contribution in [3.63, 3.8) is 0 Å². The molecule has 146 valence electrons. The van der Waals surface area contributed by atoms with Gasteiger partial charge in [-0.3, -0.25) is 9.10 Å². The molecule has 0 aliphatic carbocycles. The monoisotopic (exact) mass is 418 g/mol. The number of nitrogens with one attached hydrogen (secondary N) is 1. The van der Waals surface area contributed by atoms with Gasteiger partial charge in [-0.15, -0.1) is 11.3 Å². The summed E-state index contributed by atoms with van der Waals surface area (Å²) in [5.74, 6) is -0.856. The van der Waals surface area contributed by atoms with E-state index >= 15 is 0 Å². The fourth-order valence-electron chi connectivity index (χ4n) is 2.76. The van der Waals surface area contributed by atoms with Crippen LogP contribution in [-0.2, 0) is 16.6 Å². The van der Waals surface area contributed by atoms with E-state index in [0.717, 1.165) is 11.3 Å². The van der Waals surface area contributed by atoms with Crippen molar-refractivity contribution in [2.24, 2.45) is 0 Å². The summed E-state index contributed by atoms with van der Waals surface area (Å²) in [5.41, 5.74) is 0.667. The van der Waals surface area contributed by atoms with Crippen LogP contribution in [0.1, 0.15) is 22.2 Å². The Morgan fingerprint density at radius 2 is 1.75 bits per heavy atom. The molecule has 5 nitrogen and oxygen atoms in total. The molecule has 2 aromatic carbocycles. The third-order valence-electron chi connectivity index (χ3n) is 4.14. The van der Waals surface area contributed by atoms with Crippen molar-refractivity contribution in [3.8, 4) is 0 Å². The number of halogens is 1. The van der Waals surface area contributed by atoms with Gasteiger partial charge in [-0.25, -0.2) is 12.8 Å². The number of hydrogen-bond acceptors (Lipinski definition) is 4. The second-order valence-corrected chi connectivity index (χ2v) is 8.67. The van der Waals surface area contributed by atoms with Gasteiger partial charge in [0, 0.05) is 18.7 Å². The predicted molar refractivity (Wildman–Crippen MR) is 109 cm³/mol. The van der Waals surface area contributed by atoms with E-state index in [-0.39, 0.29) is 22.9 Å². The SMILES string of the molecule is CCN(c1ccsc1C(=O)NCc1ccccc1F)S(=O)(=O)c1ccccc1. The third kappa shape index (κ3) is 4.07. The van der Waals surface area contributed by atoms with Crippen LogP contribution in [0.25, 0.3) is 0 Å². The number of sulfonamides is 1. The summed E-state index contributed by atoms with van der Waals surface area (Å²) in [4.78, 5) is 13.1. The highest BCUT2D eigenvalue weighted by Crippen LogP contribution is 2.31. The van der Waals surface area contributed by atoms with E-state index in [9.17, 15) is 17.6 Å². The van der Waals surface area contributed by atoms with E-state index in [1.165, 1.54) is 22.5 Å². The zero-order chi connectivity index (χ0) is 20.1. The second kappa shape index (κ2) is 8.53. The molecule has 0 radical (unpaired) electrons. The molecule has 0 saturated carbocycles. The molecule has 1 heterocycles. The third-order valence-corrected chi connectivity index (χ3v) is 6.94. The van der Waals surface area contributed by atoms with Crippen LogP contribution in [-0.4, -0.2) is 20.9 Å². The van der Waals surface area contributed by atoms with Crippen LogP contribution >= 0.6 is 11.3 Å². The molecule has 1 aromatic heterocycles. The summed E-state index contributed by atoms with van der Waals surface area (Å²) in [6.45, 7) is 1.89. The first-order valence-corrected chi connectivity index (χ1v) is 10.9. The summed E-state index contributed by atoms with van der Waals surface area (Å²) < 4.78 is 41.0. The van der Waals surface area contributed by atoms with Gasteiger partial charge < -0.3 is 5.32 Å². The molecular formula is C20H19FN2O3S2. The topological polar surface area (TPSA) is 66.5 Å². The number of benzene rings is 2. The van der Waals surface area contributed by atoms with E-state index in [1.807, 2.05) is 0 Å². The van der Waals surface area contributed by atoms with Crippen LogP contribution in [0.2, 0.25) is 0 Å². The van der Waals surface area contributed by atoms with E-state index in [2.05, 4.69) is 5.32 Å². The molecule has 3 rings (SSSR count). The van der Waals surface area contributed by atoms with Crippen LogP contribution in [0.3, 0.4) is 0 Å². The van der Waals surface area contributed by atoms with E-state index < -0.39 is 21.7 Å². The molecule has 0 spiro atoms. The summed E-state index contributed by atoms with van der Waals surface area (Å²) >= 11 is 1.14. The predicted octanol–water partition coefficient (Wildman–Crippen LogP) is 4.03. The van der Waals surface area contributed by atoms with E-state index in [1.54, 1.807) is 54.8 Å². The van der Waals surface area contributed by atoms with Crippen LogP contribution < -0.4 is 9.62 Å². The first-order chi connectivity index (χ1) is 13.4. The van der Waals surface area contributed by atoms with Gasteiger partial charge in [-0.1, -0.05) is 36.4 Å². The largest absolute Gasteiger partial charge is 0.347 e. The number of hydrogen-bond donors (Lipinski definition) is 1. The van der Waals surface area contributed by atoms with Crippen LogP contribution in [0.5, 0.6) is 0 Å².